The van der Waals surface area contributed by atoms with E-state index in [2.05, 4.69) is 13.2 Å². The van der Waals surface area contributed by atoms with Crippen LogP contribution in [-0.4, -0.2) is 11.9 Å². The van der Waals surface area contributed by atoms with E-state index in [1.54, 1.807) is 42.5 Å². The van der Waals surface area contributed by atoms with Crippen LogP contribution in [0, 0.1) is 5.82 Å². The van der Waals surface area contributed by atoms with E-state index in [1.807, 2.05) is 24.3 Å². The molecule has 4 rings (SSSR count). The van der Waals surface area contributed by atoms with Crippen molar-refractivity contribution in [2.24, 2.45) is 0 Å². The lowest BCUT2D eigenvalue weighted by atomic mass is 10.0. The fraction of sp³-hybridized carbons (Fsp3) is 0. The predicted octanol–water partition coefficient (Wildman–Crippen LogP) is 6.60. The van der Waals surface area contributed by atoms with Crippen LogP contribution in [0.5, 0.6) is 11.5 Å². The van der Waals surface area contributed by atoms with Crippen molar-refractivity contribution >= 4 is 11.9 Å². The smallest absolute Gasteiger partial charge is 0.335 e. The van der Waals surface area contributed by atoms with Crippen LogP contribution in [0.25, 0.3) is 33.8 Å². The lowest BCUT2D eigenvalue weighted by molar-refractivity contribution is -0.129. The van der Waals surface area contributed by atoms with Gasteiger partial charge in [0.05, 0.1) is 0 Å². The monoisotopic (exact) mass is 454 g/mol. The quantitative estimate of drug-likeness (QED) is 0.179. The van der Waals surface area contributed by atoms with Gasteiger partial charge in [-0.1, -0.05) is 37.4 Å². The number of furan rings is 1. The van der Waals surface area contributed by atoms with Crippen LogP contribution in [0.2, 0.25) is 0 Å². The number of carbonyl (C=O) groups excluding carboxylic acids is 2. The molecule has 0 aliphatic rings. The summed E-state index contributed by atoms with van der Waals surface area (Å²) in [7, 11) is 0. The van der Waals surface area contributed by atoms with E-state index in [-0.39, 0.29) is 5.75 Å². The van der Waals surface area contributed by atoms with Crippen LogP contribution in [-0.2, 0) is 9.59 Å². The summed E-state index contributed by atoms with van der Waals surface area (Å²) < 4.78 is 30.5. The molecule has 168 valence electrons. The van der Waals surface area contributed by atoms with Crippen LogP contribution in [0.4, 0.5) is 4.39 Å². The maximum atomic E-state index is 14.6. The van der Waals surface area contributed by atoms with Gasteiger partial charge in [0, 0.05) is 34.9 Å². The van der Waals surface area contributed by atoms with Gasteiger partial charge in [0.2, 0.25) is 0 Å². The van der Waals surface area contributed by atoms with E-state index in [0.717, 1.165) is 29.3 Å². The second-order valence-electron chi connectivity index (χ2n) is 7.16. The summed E-state index contributed by atoms with van der Waals surface area (Å²) >= 11 is 0. The topological polar surface area (TPSA) is 65.7 Å². The van der Waals surface area contributed by atoms with Gasteiger partial charge in [-0.05, 0) is 54.1 Å². The van der Waals surface area contributed by atoms with Crippen LogP contribution >= 0.6 is 0 Å². The van der Waals surface area contributed by atoms with Crippen molar-refractivity contribution in [3.8, 4) is 45.3 Å². The second kappa shape index (κ2) is 9.83. The lowest BCUT2D eigenvalue weighted by Gasteiger charge is -2.07. The van der Waals surface area contributed by atoms with Crippen molar-refractivity contribution in [2.45, 2.75) is 0 Å². The summed E-state index contributed by atoms with van der Waals surface area (Å²) in [6, 6.07) is 22.1. The van der Waals surface area contributed by atoms with E-state index in [4.69, 9.17) is 13.9 Å². The number of hydrogen-bond donors (Lipinski definition) is 0. The first-order valence-electron chi connectivity index (χ1n) is 10.3. The molecule has 0 atom stereocenters. The third-order valence-corrected chi connectivity index (χ3v) is 4.94. The summed E-state index contributed by atoms with van der Waals surface area (Å²) in [5, 5.41) is 0. The number of esters is 2. The van der Waals surface area contributed by atoms with Crippen LogP contribution in [0.3, 0.4) is 0 Å². The molecule has 0 saturated carbocycles. The Morgan fingerprint density at radius 3 is 1.68 bits per heavy atom. The Balaban J connectivity index is 1.50. The van der Waals surface area contributed by atoms with E-state index >= 15 is 0 Å². The maximum absolute atomic E-state index is 14.6. The van der Waals surface area contributed by atoms with Gasteiger partial charge >= 0.3 is 11.9 Å². The number of halogens is 1. The fourth-order valence-electron chi connectivity index (χ4n) is 3.26. The standard InChI is InChI=1S/C28H19FO5/c1-3-27(30)32-21-11-9-20(10-12-21)26-16-15-25(34-26)19-7-5-18(6-8-19)23-14-13-22(17-24(23)29)33-28(31)4-2/h3-17H,1-2H2. The molecule has 3 aromatic carbocycles. The largest absolute Gasteiger partial charge is 0.456 e. The number of rotatable bonds is 7. The number of ether oxygens (including phenoxy) is 2. The van der Waals surface area contributed by atoms with Gasteiger partial charge in [-0.3, -0.25) is 0 Å². The highest BCUT2D eigenvalue weighted by Crippen LogP contribution is 2.32. The van der Waals surface area contributed by atoms with Gasteiger partial charge in [0.1, 0.15) is 28.8 Å². The predicted molar refractivity (Wildman–Crippen MR) is 127 cm³/mol. The molecule has 0 saturated heterocycles. The van der Waals surface area contributed by atoms with Crippen molar-refractivity contribution in [3.63, 3.8) is 0 Å². The van der Waals surface area contributed by atoms with Gasteiger partial charge in [-0.2, -0.15) is 0 Å². The Kier molecular flexibility index (Phi) is 6.50. The van der Waals surface area contributed by atoms with Crippen molar-refractivity contribution in [1.82, 2.24) is 0 Å². The lowest BCUT2D eigenvalue weighted by Crippen LogP contribution is -2.03. The molecule has 0 aliphatic heterocycles. The summed E-state index contributed by atoms with van der Waals surface area (Å²) in [5.74, 6) is 0.134. The first kappa shape index (κ1) is 22.5. The third-order valence-electron chi connectivity index (χ3n) is 4.94. The minimum Gasteiger partial charge on any atom is -0.456 e. The molecule has 4 aromatic rings. The second-order valence-corrected chi connectivity index (χ2v) is 7.16. The summed E-state index contributed by atoms with van der Waals surface area (Å²) in [4.78, 5) is 22.6. The van der Waals surface area contributed by atoms with E-state index in [1.165, 1.54) is 6.07 Å². The Morgan fingerprint density at radius 1 is 0.676 bits per heavy atom. The van der Waals surface area contributed by atoms with Crippen molar-refractivity contribution < 1.29 is 27.9 Å². The fourth-order valence-corrected chi connectivity index (χ4v) is 3.26. The molecule has 0 bridgehead atoms. The summed E-state index contributed by atoms with van der Waals surface area (Å²) in [6.45, 7) is 6.69. The minimum atomic E-state index is -0.651. The van der Waals surface area contributed by atoms with Crippen molar-refractivity contribution in [1.29, 1.82) is 0 Å². The highest BCUT2D eigenvalue weighted by Gasteiger charge is 2.11. The molecule has 6 heteroatoms. The van der Waals surface area contributed by atoms with Crippen LogP contribution < -0.4 is 9.47 Å². The van der Waals surface area contributed by atoms with Gasteiger partial charge < -0.3 is 13.9 Å². The first-order chi connectivity index (χ1) is 16.5. The molecular formula is C28H19FO5. The molecule has 0 N–H and O–H groups in total. The van der Waals surface area contributed by atoms with Gasteiger partial charge in [0.25, 0.3) is 0 Å². The Labute approximate surface area is 195 Å². The molecule has 5 nitrogen and oxygen atoms in total. The molecule has 0 aliphatic carbocycles. The molecule has 1 heterocycles. The number of hydrogen-bond acceptors (Lipinski definition) is 5. The number of carbonyl (C=O) groups is 2. The molecule has 0 fully saturated rings. The molecule has 1 aromatic heterocycles. The zero-order valence-electron chi connectivity index (χ0n) is 18.0. The van der Waals surface area contributed by atoms with Gasteiger partial charge in [-0.15, -0.1) is 0 Å². The minimum absolute atomic E-state index is 0.109. The normalized spacial score (nSPS) is 10.4. The third kappa shape index (κ3) is 5.02. The van der Waals surface area contributed by atoms with E-state index in [9.17, 15) is 14.0 Å². The highest BCUT2D eigenvalue weighted by molar-refractivity contribution is 5.84. The van der Waals surface area contributed by atoms with Crippen molar-refractivity contribution in [2.75, 3.05) is 0 Å². The zero-order valence-corrected chi connectivity index (χ0v) is 18.0. The first-order valence-corrected chi connectivity index (χ1v) is 10.3. The van der Waals surface area contributed by atoms with Crippen LogP contribution in [0.15, 0.2) is 109 Å². The van der Waals surface area contributed by atoms with Crippen molar-refractivity contribution in [3.05, 3.63) is 110 Å². The highest BCUT2D eigenvalue weighted by atomic mass is 19.1. The Hall–Kier alpha value is -4.71. The van der Waals surface area contributed by atoms with E-state index < -0.39 is 17.8 Å². The van der Waals surface area contributed by atoms with E-state index in [0.29, 0.717) is 28.4 Å². The molecule has 0 amide bonds. The Bertz CT molecular complexity index is 1360. The summed E-state index contributed by atoms with van der Waals surface area (Å²) in [5.41, 5.74) is 2.69. The molecule has 34 heavy (non-hydrogen) atoms. The maximum Gasteiger partial charge on any atom is 0.335 e. The molecular weight excluding hydrogens is 435 g/mol. The SMILES string of the molecule is C=CC(=O)Oc1ccc(-c2ccc(-c3ccc(-c4ccc(OC(=O)C=C)cc4F)cc3)o2)cc1. The average molecular weight is 454 g/mol. The zero-order chi connectivity index (χ0) is 24.1. The molecule has 0 unspecified atom stereocenters. The summed E-state index contributed by atoms with van der Waals surface area (Å²) in [6.07, 6.45) is 2.11. The number of benzene rings is 3. The average Bonchev–Trinajstić information content (AvgIpc) is 3.35. The molecule has 0 spiro atoms. The molecule has 0 radical (unpaired) electrons. The Morgan fingerprint density at radius 2 is 1.15 bits per heavy atom. The van der Waals surface area contributed by atoms with Crippen LogP contribution in [0.1, 0.15) is 0 Å². The van der Waals surface area contributed by atoms with Gasteiger partial charge in [0.15, 0.2) is 0 Å². The van der Waals surface area contributed by atoms with Gasteiger partial charge in [-0.25, -0.2) is 14.0 Å².